The first-order valence-electron chi connectivity index (χ1n) is 9.52. The van der Waals surface area contributed by atoms with E-state index in [-0.39, 0.29) is 11.8 Å². The molecular weight excluding hydrogens is 358 g/mol. The molecule has 0 saturated carbocycles. The molecule has 0 spiro atoms. The molecule has 0 aliphatic carbocycles. The number of nitrogens with zero attached hydrogens (tertiary/aromatic N) is 4. The lowest BCUT2D eigenvalue weighted by Crippen LogP contribution is -2.36. The SMILES string of the molecule is Cc1ncc2c(c1-c1noc([C@H]3CCOC3)n1)CCN(C(=O)c1ccc[nH]1)C2. The number of hydrogen-bond donors (Lipinski definition) is 1. The Morgan fingerprint density at radius 3 is 3.11 bits per heavy atom. The van der Waals surface area contributed by atoms with Gasteiger partial charge in [0.1, 0.15) is 5.69 Å². The second-order valence-corrected chi connectivity index (χ2v) is 7.30. The number of pyridine rings is 1. The van der Waals surface area contributed by atoms with E-state index >= 15 is 0 Å². The molecule has 3 aromatic heterocycles. The summed E-state index contributed by atoms with van der Waals surface area (Å²) in [7, 11) is 0. The van der Waals surface area contributed by atoms with Gasteiger partial charge in [-0.1, -0.05) is 5.16 Å². The van der Waals surface area contributed by atoms with Crippen LogP contribution in [0.25, 0.3) is 11.4 Å². The van der Waals surface area contributed by atoms with Crippen molar-refractivity contribution in [1.29, 1.82) is 0 Å². The van der Waals surface area contributed by atoms with Gasteiger partial charge in [0.15, 0.2) is 0 Å². The highest BCUT2D eigenvalue weighted by atomic mass is 16.5. The van der Waals surface area contributed by atoms with Gasteiger partial charge >= 0.3 is 0 Å². The second kappa shape index (κ2) is 6.87. The Kier molecular flexibility index (Phi) is 4.20. The molecule has 0 aromatic carbocycles. The topological polar surface area (TPSA) is 97.1 Å². The zero-order chi connectivity index (χ0) is 19.1. The number of carbonyl (C=O) groups is 1. The first kappa shape index (κ1) is 17.1. The van der Waals surface area contributed by atoms with Crippen molar-refractivity contribution in [1.82, 2.24) is 25.0 Å². The molecule has 144 valence electrons. The van der Waals surface area contributed by atoms with Gasteiger partial charge in [-0.3, -0.25) is 9.78 Å². The number of ether oxygens (including phenoxy) is 1. The molecule has 5 heterocycles. The number of carbonyl (C=O) groups excluding carboxylic acids is 1. The molecule has 0 bridgehead atoms. The lowest BCUT2D eigenvalue weighted by atomic mass is 9.94. The number of H-pyrrole nitrogens is 1. The van der Waals surface area contributed by atoms with Crippen molar-refractivity contribution in [2.45, 2.75) is 32.2 Å². The van der Waals surface area contributed by atoms with Gasteiger partial charge in [0, 0.05) is 43.3 Å². The van der Waals surface area contributed by atoms with Crippen LogP contribution in [-0.4, -0.2) is 50.7 Å². The molecule has 0 unspecified atom stereocenters. The van der Waals surface area contributed by atoms with Gasteiger partial charge in [0.2, 0.25) is 11.7 Å². The molecule has 5 rings (SSSR count). The smallest absolute Gasteiger partial charge is 0.270 e. The summed E-state index contributed by atoms with van der Waals surface area (Å²) in [5, 5.41) is 4.23. The highest BCUT2D eigenvalue weighted by Gasteiger charge is 2.29. The monoisotopic (exact) mass is 379 g/mol. The van der Waals surface area contributed by atoms with Crippen molar-refractivity contribution in [3.05, 3.63) is 52.9 Å². The third-order valence-corrected chi connectivity index (χ3v) is 5.52. The molecule has 1 amide bonds. The summed E-state index contributed by atoms with van der Waals surface area (Å²) >= 11 is 0. The molecule has 1 N–H and O–H groups in total. The predicted octanol–water partition coefficient (Wildman–Crippen LogP) is 2.47. The van der Waals surface area contributed by atoms with Gasteiger partial charge in [0.25, 0.3) is 5.91 Å². The lowest BCUT2D eigenvalue weighted by Gasteiger charge is -2.29. The van der Waals surface area contributed by atoms with E-state index in [0.29, 0.717) is 37.1 Å². The van der Waals surface area contributed by atoms with Crippen molar-refractivity contribution in [2.24, 2.45) is 0 Å². The number of hydrogen-bond acceptors (Lipinski definition) is 6. The fraction of sp³-hybridized carbons (Fsp3) is 0.400. The highest BCUT2D eigenvalue weighted by molar-refractivity contribution is 5.92. The number of aryl methyl sites for hydroxylation is 1. The van der Waals surface area contributed by atoms with Gasteiger partial charge in [-0.15, -0.1) is 0 Å². The number of amides is 1. The van der Waals surface area contributed by atoms with E-state index in [1.807, 2.05) is 24.1 Å². The maximum atomic E-state index is 12.7. The van der Waals surface area contributed by atoms with E-state index in [1.54, 1.807) is 12.3 Å². The fourth-order valence-electron chi connectivity index (χ4n) is 3.99. The quantitative estimate of drug-likeness (QED) is 0.751. The molecule has 2 aliphatic rings. The normalized spacial score (nSPS) is 19.0. The molecule has 3 aromatic rings. The van der Waals surface area contributed by atoms with Crippen molar-refractivity contribution in [3.63, 3.8) is 0 Å². The number of fused-ring (bicyclic) bond motifs is 1. The van der Waals surface area contributed by atoms with E-state index in [9.17, 15) is 4.79 Å². The number of nitrogens with one attached hydrogen (secondary N) is 1. The van der Waals surface area contributed by atoms with Crippen LogP contribution < -0.4 is 0 Å². The van der Waals surface area contributed by atoms with Crippen LogP contribution in [0.2, 0.25) is 0 Å². The maximum absolute atomic E-state index is 12.7. The van der Waals surface area contributed by atoms with Crippen molar-refractivity contribution >= 4 is 5.91 Å². The zero-order valence-electron chi connectivity index (χ0n) is 15.6. The van der Waals surface area contributed by atoms with Crippen LogP contribution in [0.1, 0.15) is 45.5 Å². The molecule has 1 saturated heterocycles. The average molecular weight is 379 g/mol. The fourth-order valence-corrected chi connectivity index (χ4v) is 3.99. The molecular formula is C20H21N5O3. The summed E-state index contributed by atoms with van der Waals surface area (Å²) in [4.78, 5) is 26.7. The second-order valence-electron chi connectivity index (χ2n) is 7.30. The van der Waals surface area contributed by atoms with Crippen molar-refractivity contribution in [3.8, 4) is 11.4 Å². The summed E-state index contributed by atoms with van der Waals surface area (Å²) in [6, 6.07) is 3.63. The molecule has 0 radical (unpaired) electrons. The Bertz CT molecular complexity index is 1010. The molecule has 8 nitrogen and oxygen atoms in total. The molecule has 1 fully saturated rings. The largest absolute Gasteiger partial charge is 0.381 e. The first-order valence-corrected chi connectivity index (χ1v) is 9.52. The van der Waals surface area contributed by atoms with E-state index in [0.717, 1.165) is 41.8 Å². The lowest BCUT2D eigenvalue weighted by molar-refractivity contribution is 0.0729. The Morgan fingerprint density at radius 2 is 2.32 bits per heavy atom. The Morgan fingerprint density at radius 1 is 1.39 bits per heavy atom. The minimum Gasteiger partial charge on any atom is -0.381 e. The summed E-state index contributed by atoms with van der Waals surface area (Å²) in [6.07, 6.45) is 5.25. The average Bonchev–Trinajstić information content (AvgIpc) is 3.49. The van der Waals surface area contributed by atoms with Gasteiger partial charge in [-0.25, -0.2) is 0 Å². The standard InChI is InChI=1S/C20H21N5O3/c1-12-17(18-23-19(28-24-18)13-5-8-27-11-13)15-4-7-25(10-14(15)9-22-12)20(26)16-3-2-6-21-16/h2-3,6,9,13,21H,4-5,7-8,10-11H2,1H3/t13-/m0/s1. The van der Waals surface area contributed by atoms with Crippen LogP contribution in [0.5, 0.6) is 0 Å². The molecule has 1 atom stereocenters. The van der Waals surface area contributed by atoms with Crippen molar-refractivity contribution in [2.75, 3.05) is 19.8 Å². The van der Waals surface area contributed by atoms with Crippen LogP contribution in [0.4, 0.5) is 0 Å². The zero-order valence-corrected chi connectivity index (χ0v) is 15.6. The van der Waals surface area contributed by atoms with E-state index in [4.69, 9.17) is 9.26 Å². The Labute approximate surface area is 161 Å². The first-order chi connectivity index (χ1) is 13.7. The summed E-state index contributed by atoms with van der Waals surface area (Å²) in [5.41, 5.74) is 4.59. The van der Waals surface area contributed by atoms with Gasteiger partial charge in [-0.05, 0) is 43.0 Å². The molecule has 28 heavy (non-hydrogen) atoms. The Hall–Kier alpha value is -3.00. The minimum absolute atomic E-state index is 0.000792. The predicted molar refractivity (Wildman–Crippen MR) is 99.7 cm³/mol. The molecule has 8 heteroatoms. The van der Waals surface area contributed by atoms with Gasteiger partial charge in [-0.2, -0.15) is 4.98 Å². The minimum atomic E-state index is 0.000792. The Balaban J connectivity index is 1.45. The maximum Gasteiger partial charge on any atom is 0.270 e. The summed E-state index contributed by atoms with van der Waals surface area (Å²) < 4.78 is 10.9. The van der Waals surface area contributed by atoms with Crippen LogP contribution in [0.3, 0.4) is 0 Å². The van der Waals surface area contributed by atoms with Gasteiger partial charge in [0.05, 0.1) is 12.5 Å². The van der Waals surface area contributed by atoms with Crippen LogP contribution >= 0.6 is 0 Å². The highest BCUT2D eigenvalue weighted by Crippen LogP contribution is 2.32. The number of aromatic amines is 1. The van der Waals surface area contributed by atoms with E-state index in [1.165, 1.54) is 0 Å². The van der Waals surface area contributed by atoms with Crippen molar-refractivity contribution < 1.29 is 14.1 Å². The van der Waals surface area contributed by atoms with Crippen LogP contribution in [0, 0.1) is 6.92 Å². The summed E-state index contributed by atoms with van der Waals surface area (Å²) in [5.74, 6) is 1.38. The van der Waals surface area contributed by atoms with Crippen LogP contribution in [0.15, 0.2) is 29.0 Å². The van der Waals surface area contributed by atoms with E-state index in [2.05, 4.69) is 20.1 Å². The summed E-state index contributed by atoms with van der Waals surface area (Å²) in [6.45, 7) is 4.48. The number of rotatable bonds is 3. The van der Waals surface area contributed by atoms with E-state index < -0.39 is 0 Å². The number of aromatic nitrogens is 4. The van der Waals surface area contributed by atoms with Gasteiger partial charge < -0.3 is 19.1 Å². The third kappa shape index (κ3) is 2.90. The third-order valence-electron chi connectivity index (χ3n) is 5.52. The van der Waals surface area contributed by atoms with Crippen LogP contribution in [-0.2, 0) is 17.7 Å². The molecule has 2 aliphatic heterocycles.